The summed E-state index contributed by atoms with van der Waals surface area (Å²) in [5.74, 6) is -0.150. The minimum Gasteiger partial charge on any atom is -0.508 e. The number of Topliss-reactive ketones (excluding diaryl/α,β-unsaturated/α-hetero) is 1. The number of thioether (sulfide) groups is 1. The van der Waals surface area contributed by atoms with Gasteiger partial charge in [-0.2, -0.15) is 0 Å². The largest absolute Gasteiger partial charge is 0.508 e. The van der Waals surface area contributed by atoms with Crippen LogP contribution in [0.15, 0.2) is 70.3 Å². The molecule has 1 aromatic heterocycles. The number of aromatic nitrogens is 2. The molecule has 0 bridgehead atoms. The van der Waals surface area contributed by atoms with Gasteiger partial charge in [0.2, 0.25) is 0 Å². The maximum absolute atomic E-state index is 13.2. The number of nitro groups is 1. The van der Waals surface area contributed by atoms with E-state index < -0.39 is 16.8 Å². The predicted molar refractivity (Wildman–Crippen MR) is 127 cm³/mol. The number of aromatic hydroxyl groups is 1. The lowest BCUT2D eigenvalue weighted by Gasteiger charge is -2.36. The van der Waals surface area contributed by atoms with E-state index in [4.69, 9.17) is 0 Å². The fraction of sp³-hybridized carbons (Fsp3) is 0.208. The highest BCUT2D eigenvalue weighted by Crippen LogP contribution is 2.45. The number of rotatable bonds is 5. The lowest BCUT2D eigenvalue weighted by atomic mass is 9.72. The molecular formula is C24H20N4O5S. The van der Waals surface area contributed by atoms with Gasteiger partial charge in [-0.15, -0.1) is 0 Å². The summed E-state index contributed by atoms with van der Waals surface area (Å²) in [4.78, 5) is 44.0. The zero-order valence-electron chi connectivity index (χ0n) is 17.9. The predicted octanol–water partition coefficient (Wildman–Crippen LogP) is 4.10. The van der Waals surface area contributed by atoms with Crippen LogP contribution in [-0.4, -0.2) is 25.8 Å². The number of carbonyl (C=O) groups is 1. The Morgan fingerprint density at radius 3 is 2.68 bits per heavy atom. The average Bonchev–Trinajstić information content (AvgIpc) is 2.82. The van der Waals surface area contributed by atoms with Crippen molar-refractivity contribution in [2.24, 2.45) is 5.92 Å². The van der Waals surface area contributed by atoms with Gasteiger partial charge >= 0.3 is 0 Å². The summed E-state index contributed by atoms with van der Waals surface area (Å²) in [5, 5.41) is 24.5. The number of allylic oxidation sites excluding steroid dienone is 2. The molecule has 2 aliphatic rings. The van der Waals surface area contributed by atoms with Crippen LogP contribution in [0.3, 0.4) is 0 Å². The van der Waals surface area contributed by atoms with Crippen LogP contribution in [0.4, 0.5) is 11.5 Å². The van der Waals surface area contributed by atoms with E-state index in [1.807, 2.05) is 6.08 Å². The average molecular weight is 477 g/mol. The van der Waals surface area contributed by atoms with Crippen molar-refractivity contribution < 1.29 is 14.8 Å². The molecule has 0 radical (unpaired) electrons. The smallest absolute Gasteiger partial charge is 0.269 e. The van der Waals surface area contributed by atoms with Gasteiger partial charge in [0.25, 0.3) is 11.2 Å². The van der Waals surface area contributed by atoms with Gasteiger partial charge in [-0.25, -0.2) is 4.98 Å². The summed E-state index contributed by atoms with van der Waals surface area (Å²) in [6, 6.07) is 12.8. The molecule has 2 atom stereocenters. The van der Waals surface area contributed by atoms with Crippen molar-refractivity contribution in [1.29, 1.82) is 0 Å². The minimum absolute atomic E-state index is 0.0149. The first kappa shape index (κ1) is 21.9. The molecule has 0 saturated heterocycles. The van der Waals surface area contributed by atoms with Crippen LogP contribution in [0.25, 0.3) is 0 Å². The number of phenols is 1. The van der Waals surface area contributed by atoms with E-state index in [-0.39, 0.29) is 22.8 Å². The van der Waals surface area contributed by atoms with Crippen LogP contribution in [0.5, 0.6) is 5.75 Å². The normalized spacial score (nSPS) is 18.9. The Morgan fingerprint density at radius 2 is 1.94 bits per heavy atom. The van der Waals surface area contributed by atoms with Gasteiger partial charge < -0.3 is 15.4 Å². The van der Waals surface area contributed by atoms with Crippen molar-refractivity contribution in [1.82, 2.24) is 9.97 Å². The minimum atomic E-state index is -0.563. The first-order valence-electron chi connectivity index (χ1n) is 10.7. The molecule has 5 rings (SSSR count). The molecule has 3 aromatic rings. The molecule has 2 heterocycles. The third-order valence-corrected chi connectivity index (χ3v) is 6.97. The lowest BCUT2D eigenvalue weighted by Crippen LogP contribution is -2.38. The van der Waals surface area contributed by atoms with Gasteiger partial charge in [-0.1, -0.05) is 42.1 Å². The molecule has 0 amide bonds. The van der Waals surface area contributed by atoms with Crippen molar-refractivity contribution in [3.8, 4) is 5.75 Å². The first-order chi connectivity index (χ1) is 16.4. The van der Waals surface area contributed by atoms with Crippen molar-refractivity contribution in [3.63, 3.8) is 0 Å². The molecule has 1 aliphatic carbocycles. The number of nitro benzene ring substituents is 1. The molecular weight excluding hydrogens is 456 g/mol. The van der Waals surface area contributed by atoms with E-state index in [2.05, 4.69) is 15.3 Å². The molecule has 9 nitrogen and oxygen atoms in total. The number of ketones is 1. The number of aromatic amines is 1. The molecule has 34 heavy (non-hydrogen) atoms. The topological polar surface area (TPSA) is 138 Å². The number of phenolic OH excluding ortho intramolecular Hbond substituents is 1. The Hall–Kier alpha value is -3.92. The quantitative estimate of drug-likeness (QED) is 0.217. The van der Waals surface area contributed by atoms with E-state index in [0.29, 0.717) is 40.7 Å². The number of benzene rings is 2. The number of carbonyl (C=O) groups excluding carboxylic acids is 1. The zero-order chi connectivity index (χ0) is 23.8. The number of fused-ring (bicyclic) bond motifs is 2. The first-order valence-corrected chi connectivity index (χ1v) is 11.7. The number of H-pyrrole nitrogens is 1. The van der Waals surface area contributed by atoms with Crippen LogP contribution in [-0.2, 0) is 10.5 Å². The van der Waals surface area contributed by atoms with Crippen LogP contribution < -0.4 is 10.9 Å². The Balaban J connectivity index is 1.50. The Kier molecular flexibility index (Phi) is 5.66. The maximum Gasteiger partial charge on any atom is 0.269 e. The fourth-order valence-corrected chi connectivity index (χ4v) is 5.30. The van der Waals surface area contributed by atoms with Crippen LogP contribution in [0.1, 0.15) is 35.4 Å². The van der Waals surface area contributed by atoms with Gasteiger partial charge in [0.15, 0.2) is 5.16 Å². The van der Waals surface area contributed by atoms with E-state index in [9.17, 15) is 24.8 Å². The maximum atomic E-state index is 13.2. The number of non-ortho nitro benzene ring substituents is 1. The highest BCUT2D eigenvalue weighted by Gasteiger charge is 2.42. The zero-order valence-corrected chi connectivity index (χ0v) is 18.7. The van der Waals surface area contributed by atoms with Crippen molar-refractivity contribution in [2.75, 3.05) is 5.32 Å². The van der Waals surface area contributed by atoms with Crippen molar-refractivity contribution >= 4 is 29.1 Å². The number of hydrogen-bond donors (Lipinski definition) is 3. The fourth-order valence-electron chi connectivity index (χ4n) is 4.48. The second-order valence-electron chi connectivity index (χ2n) is 8.19. The number of hydrogen-bond acceptors (Lipinski definition) is 8. The molecule has 1 aliphatic heterocycles. The van der Waals surface area contributed by atoms with Crippen LogP contribution >= 0.6 is 11.8 Å². The summed E-state index contributed by atoms with van der Waals surface area (Å²) in [5.41, 5.74) is 2.27. The summed E-state index contributed by atoms with van der Waals surface area (Å²) >= 11 is 1.30. The SMILES string of the molecule is O=C1CCC=C2Nc3nc(SCc4ccc([N+](=O)[O-])cc4)[nH]c(=O)c3[C@H](c3cccc(O)c3)[C@@H]12. The van der Waals surface area contributed by atoms with E-state index in [1.54, 1.807) is 36.4 Å². The van der Waals surface area contributed by atoms with Gasteiger partial charge in [0, 0.05) is 35.9 Å². The number of nitrogens with one attached hydrogen (secondary N) is 2. The Morgan fingerprint density at radius 1 is 1.15 bits per heavy atom. The van der Waals surface area contributed by atoms with Crippen molar-refractivity contribution in [2.45, 2.75) is 29.7 Å². The molecule has 0 unspecified atom stereocenters. The second-order valence-corrected chi connectivity index (χ2v) is 9.15. The Bertz CT molecular complexity index is 1380. The molecule has 3 N–H and O–H groups in total. The monoisotopic (exact) mass is 476 g/mol. The van der Waals surface area contributed by atoms with E-state index in [1.165, 1.54) is 23.9 Å². The summed E-state index contributed by atoms with van der Waals surface area (Å²) < 4.78 is 0. The van der Waals surface area contributed by atoms with E-state index in [0.717, 1.165) is 11.3 Å². The number of nitrogens with zero attached hydrogens (tertiary/aromatic N) is 2. The molecule has 172 valence electrons. The van der Waals surface area contributed by atoms with E-state index >= 15 is 0 Å². The van der Waals surface area contributed by atoms with Crippen LogP contribution in [0.2, 0.25) is 0 Å². The third-order valence-electron chi connectivity index (χ3n) is 6.03. The molecule has 0 spiro atoms. The van der Waals surface area contributed by atoms with Gasteiger partial charge in [-0.05, 0) is 29.7 Å². The van der Waals surface area contributed by atoms with Gasteiger partial charge in [0.05, 0.1) is 16.4 Å². The highest BCUT2D eigenvalue weighted by atomic mass is 32.2. The Labute approximate surface area is 198 Å². The molecule has 0 saturated carbocycles. The summed E-state index contributed by atoms with van der Waals surface area (Å²) in [6.45, 7) is 0. The second kappa shape index (κ2) is 8.79. The summed E-state index contributed by atoms with van der Waals surface area (Å²) in [6.07, 6.45) is 2.98. The van der Waals surface area contributed by atoms with Gasteiger partial charge in [-0.3, -0.25) is 19.7 Å². The van der Waals surface area contributed by atoms with Crippen LogP contribution in [0, 0.1) is 16.0 Å². The molecule has 0 fully saturated rings. The summed E-state index contributed by atoms with van der Waals surface area (Å²) in [7, 11) is 0. The lowest BCUT2D eigenvalue weighted by molar-refractivity contribution is -0.384. The highest BCUT2D eigenvalue weighted by molar-refractivity contribution is 7.98. The molecule has 10 heteroatoms. The third kappa shape index (κ3) is 4.08. The van der Waals surface area contributed by atoms with Crippen molar-refractivity contribution in [3.05, 3.63) is 97.5 Å². The number of anilines is 1. The standard InChI is InChI=1S/C24H20N4O5S/c29-16-4-1-3-14(11-16)19-20-17(5-2-6-18(20)30)25-22-21(19)23(31)27-24(26-22)34-12-13-7-9-15(10-8-13)28(32)33/h1,3-5,7-11,19-20,29H,2,6,12H2,(H2,25,26,27,31)/t19-,20-/m1/s1. The molecule has 2 aromatic carbocycles. The van der Waals surface area contributed by atoms with Gasteiger partial charge in [0.1, 0.15) is 17.4 Å².